The van der Waals surface area contributed by atoms with Crippen LogP contribution in [0, 0.1) is 5.82 Å². The molecule has 0 aliphatic rings. The Morgan fingerprint density at radius 2 is 1.67 bits per heavy atom. The first-order valence-corrected chi connectivity index (χ1v) is 6.34. The van der Waals surface area contributed by atoms with Crippen molar-refractivity contribution < 1.29 is 23.7 Å². The maximum atomic E-state index is 13.6. The first-order valence-electron chi connectivity index (χ1n) is 6.34. The first kappa shape index (κ1) is 14.6. The van der Waals surface area contributed by atoms with E-state index in [2.05, 4.69) is 10.2 Å². The predicted octanol–water partition coefficient (Wildman–Crippen LogP) is 3.66. The van der Waals surface area contributed by atoms with Crippen molar-refractivity contribution in [1.82, 2.24) is 5.32 Å². The molecule has 1 N–H and O–H groups in total. The number of hydrogen-bond donors (Lipinski definition) is 1. The number of carbonyl (C=O) groups excluding carboxylic acids is 1. The van der Waals surface area contributed by atoms with Gasteiger partial charge in [0.2, 0.25) is 5.75 Å². The van der Waals surface area contributed by atoms with E-state index in [1.165, 1.54) is 18.2 Å². The second kappa shape index (κ2) is 7.14. The van der Waals surface area contributed by atoms with Crippen LogP contribution in [-0.4, -0.2) is 12.6 Å². The van der Waals surface area contributed by atoms with E-state index >= 15 is 0 Å². The minimum atomic E-state index is -0.724. The molecule has 0 aromatic heterocycles. The van der Waals surface area contributed by atoms with E-state index in [0.717, 1.165) is 0 Å². The molecule has 0 atom stereocenters. The molecule has 0 saturated carbocycles. The van der Waals surface area contributed by atoms with E-state index in [1.807, 2.05) is 0 Å². The molecule has 6 heteroatoms. The fourth-order valence-electron chi connectivity index (χ4n) is 1.51. The van der Waals surface area contributed by atoms with Gasteiger partial charge in [0, 0.05) is 6.54 Å². The first-order chi connectivity index (χ1) is 10.2. The van der Waals surface area contributed by atoms with Crippen LogP contribution >= 0.6 is 0 Å². The molecule has 21 heavy (non-hydrogen) atoms. The van der Waals surface area contributed by atoms with Crippen molar-refractivity contribution in [2.24, 2.45) is 0 Å². The minimum Gasteiger partial charge on any atom is -0.450 e. The van der Waals surface area contributed by atoms with Crippen LogP contribution in [0.4, 0.5) is 9.18 Å². The molecule has 1 amide bonds. The van der Waals surface area contributed by atoms with Crippen LogP contribution in [0.3, 0.4) is 0 Å². The van der Waals surface area contributed by atoms with Gasteiger partial charge in [-0.15, -0.1) is 0 Å². The van der Waals surface area contributed by atoms with Gasteiger partial charge in [0.15, 0.2) is 17.3 Å². The Hall–Kier alpha value is -2.76. The van der Waals surface area contributed by atoms with Gasteiger partial charge >= 0.3 is 6.09 Å². The quantitative estimate of drug-likeness (QED) is 0.674. The molecule has 2 aromatic rings. The molecule has 0 aliphatic carbocycles. The fraction of sp³-hybridized carbons (Fsp3) is 0.133. The number of nitrogens with one attached hydrogen (secondary N) is 1. The molecular formula is C15H14FNO4. The largest absolute Gasteiger partial charge is 0.450 e. The third-order valence-corrected chi connectivity index (χ3v) is 2.43. The number of rotatable bonds is 5. The van der Waals surface area contributed by atoms with Crippen molar-refractivity contribution in [3.8, 4) is 17.2 Å². The van der Waals surface area contributed by atoms with Crippen molar-refractivity contribution in [1.29, 1.82) is 0 Å². The summed E-state index contributed by atoms with van der Waals surface area (Å²) in [6.07, 6.45) is -0.724. The molecule has 110 valence electrons. The van der Waals surface area contributed by atoms with Crippen LogP contribution in [-0.2, 0) is 4.89 Å². The van der Waals surface area contributed by atoms with Gasteiger partial charge in [-0.1, -0.05) is 24.3 Å². The number of ether oxygens (including phenoxy) is 1. The van der Waals surface area contributed by atoms with E-state index < -0.39 is 11.9 Å². The second-order valence-corrected chi connectivity index (χ2v) is 3.96. The Morgan fingerprint density at radius 3 is 2.33 bits per heavy atom. The third-order valence-electron chi connectivity index (χ3n) is 2.43. The van der Waals surface area contributed by atoms with Crippen LogP contribution in [0.1, 0.15) is 6.92 Å². The summed E-state index contributed by atoms with van der Waals surface area (Å²) in [6, 6.07) is 12.4. The Labute approximate surface area is 121 Å². The zero-order chi connectivity index (χ0) is 15.1. The van der Waals surface area contributed by atoms with Gasteiger partial charge in [-0.25, -0.2) is 14.1 Å². The average Bonchev–Trinajstić information content (AvgIpc) is 2.49. The highest BCUT2D eigenvalue weighted by Crippen LogP contribution is 2.32. The normalized spacial score (nSPS) is 9.81. The van der Waals surface area contributed by atoms with Gasteiger partial charge < -0.3 is 10.1 Å². The van der Waals surface area contributed by atoms with Crippen molar-refractivity contribution in [2.45, 2.75) is 6.92 Å². The Morgan fingerprint density at radius 1 is 1.05 bits per heavy atom. The Bertz CT molecular complexity index is 618. The van der Waals surface area contributed by atoms with Crippen LogP contribution in [0.15, 0.2) is 48.5 Å². The van der Waals surface area contributed by atoms with Crippen molar-refractivity contribution in [2.75, 3.05) is 6.54 Å². The maximum Gasteiger partial charge on any atom is 0.450 e. The Balaban J connectivity index is 2.10. The SMILES string of the molecule is CCNC(=O)OOc1ccccc1Oc1ccccc1F. The van der Waals surface area contributed by atoms with Gasteiger partial charge in [0.25, 0.3) is 0 Å². The highest BCUT2D eigenvalue weighted by atomic mass is 19.1. The van der Waals surface area contributed by atoms with Crippen molar-refractivity contribution in [3.63, 3.8) is 0 Å². The fourth-order valence-corrected chi connectivity index (χ4v) is 1.51. The average molecular weight is 291 g/mol. The number of hydrogen-bond acceptors (Lipinski definition) is 4. The van der Waals surface area contributed by atoms with Gasteiger partial charge in [-0.2, -0.15) is 0 Å². The molecule has 0 radical (unpaired) electrons. The van der Waals surface area contributed by atoms with Gasteiger partial charge in [0.05, 0.1) is 0 Å². The smallest absolute Gasteiger partial charge is 0.450 e. The minimum absolute atomic E-state index is 0.0477. The molecule has 5 nitrogen and oxygen atoms in total. The molecule has 0 fully saturated rings. The second-order valence-electron chi connectivity index (χ2n) is 3.96. The third kappa shape index (κ3) is 4.10. The van der Waals surface area contributed by atoms with E-state index in [-0.39, 0.29) is 17.2 Å². The summed E-state index contributed by atoms with van der Waals surface area (Å²) in [6.45, 7) is 2.16. The standard InChI is InChI=1S/C15H14FNO4/c1-2-17-15(18)21-20-14-10-6-5-9-13(14)19-12-8-4-3-7-11(12)16/h3-10H,2H2,1H3,(H,17,18). The monoisotopic (exact) mass is 291 g/mol. The summed E-state index contributed by atoms with van der Waals surface area (Å²) in [7, 11) is 0. The van der Waals surface area contributed by atoms with E-state index in [9.17, 15) is 9.18 Å². The van der Waals surface area contributed by atoms with Crippen molar-refractivity contribution in [3.05, 3.63) is 54.3 Å². The lowest BCUT2D eigenvalue weighted by molar-refractivity contribution is -0.143. The number of amides is 1. The van der Waals surface area contributed by atoms with E-state index in [0.29, 0.717) is 6.54 Å². The summed E-state index contributed by atoms with van der Waals surface area (Å²) in [5.41, 5.74) is 0. The summed E-state index contributed by atoms with van der Waals surface area (Å²) in [5, 5.41) is 2.41. The van der Waals surface area contributed by atoms with Crippen molar-refractivity contribution >= 4 is 6.09 Å². The van der Waals surface area contributed by atoms with E-state index in [4.69, 9.17) is 9.62 Å². The van der Waals surface area contributed by atoms with E-state index in [1.54, 1.807) is 37.3 Å². The molecule has 0 aliphatic heterocycles. The number of para-hydroxylation sites is 3. The lowest BCUT2D eigenvalue weighted by Gasteiger charge is -2.11. The van der Waals surface area contributed by atoms with Crippen LogP contribution in [0.25, 0.3) is 0 Å². The molecular weight excluding hydrogens is 277 g/mol. The maximum absolute atomic E-state index is 13.6. The summed E-state index contributed by atoms with van der Waals surface area (Å²) >= 11 is 0. The predicted molar refractivity (Wildman–Crippen MR) is 73.7 cm³/mol. The highest BCUT2D eigenvalue weighted by molar-refractivity contribution is 5.66. The molecule has 0 spiro atoms. The zero-order valence-corrected chi connectivity index (χ0v) is 11.3. The molecule has 0 heterocycles. The molecule has 2 aromatic carbocycles. The topological polar surface area (TPSA) is 56.8 Å². The van der Waals surface area contributed by atoms with Gasteiger partial charge in [0.1, 0.15) is 0 Å². The van der Waals surface area contributed by atoms with Crippen LogP contribution in [0.2, 0.25) is 0 Å². The lowest BCUT2D eigenvalue weighted by Crippen LogP contribution is -2.24. The van der Waals surface area contributed by atoms with Gasteiger partial charge in [-0.3, -0.25) is 4.89 Å². The van der Waals surface area contributed by atoms with Gasteiger partial charge in [-0.05, 0) is 31.2 Å². The number of benzene rings is 2. The number of halogens is 1. The van der Waals surface area contributed by atoms with Crippen LogP contribution in [0.5, 0.6) is 17.2 Å². The van der Waals surface area contributed by atoms with Crippen LogP contribution < -0.4 is 14.9 Å². The highest BCUT2D eigenvalue weighted by Gasteiger charge is 2.11. The summed E-state index contributed by atoms with van der Waals surface area (Å²) in [4.78, 5) is 20.6. The summed E-state index contributed by atoms with van der Waals surface area (Å²) in [5.74, 6) is -0.0672. The number of carbonyl (C=O) groups is 1. The Kier molecular flexibility index (Phi) is 4.98. The lowest BCUT2D eigenvalue weighted by atomic mass is 10.3. The zero-order valence-electron chi connectivity index (χ0n) is 11.3. The molecule has 0 bridgehead atoms. The molecule has 0 unspecified atom stereocenters. The molecule has 2 rings (SSSR count). The summed E-state index contributed by atoms with van der Waals surface area (Å²) < 4.78 is 19.0. The molecule has 0 saturated heterocycles.